The first kappa shape index (κ1) is 79.6. The summed E-state index contributed by atoms with van der Waals surface area (Å²) in [6.45, 7) is 5.00. The third-order valence-electron chi connectivity index (χ3n) is 17.8. The lowest BCUT2D eigenvalue weighted by Gasteiger charge is -2.22. The molecule has 2 atom stereocenters. The van der Waals surface area contributed by atoms with Gasteiger partial charge in [0.15, 0.2) is 0 Å². The van der Waals surface area contributed by atoms with Crippen LogP contribution >= 0.6 is 0 Å². The van der Waals surface area contributed by atoms with Crippen LogP contribution < -0.4 is 5.32 Å². The molecular weight excluding hydrogens is 995 g/mol. The number of aliphatic hydroxyl groups is 2. The summed E-state index contributed by atoms with van der Waals surface area (Å²) in [5.74, 6) is -0.0126. The van der Waals surface area contributed by atoms with Crippen molar-refractivity contribution in [3.8, 4) is 0 Å². The molecule has 0 radical (unpaired) electrons. The Bertz CT molecular complexity index is 1220. The molecule has 6 nitrogen and oxygen atoms in total. The molecule has 3 N–H and O–H groups in total. The molecule has 0 heterocycles. The second-order valence-electron chi connectivity index (χ2n) is 26.0. The first-order chi connectivity index (χ1) is 40.0. The summed E-state index contributed by atoms with van der Waals surface area (Å²) in [6.07, 6.45) is 88.5. The summed E-state index contributed by atoms with van der Waals surface area (Å²) in [6, 6.07) is -0.538. The average Bonchev–Trinajstić information content (AvgIpc) is 3.47. The third kappa shape index (κ3) is 67.6. The molecule has 6 heteroatoms. The van der Waals surface area contributed by atoms with E-state index in [4.69, 9.17) is 4.74 Å². The minimum Gasteiger partial charge on any atom is -0.466 e. The largest absolute Gasteiger partial charge is 0.466 e. The molecule has 0 aliphatic carbocycles. The van der Waals surface area contributed by atoms with Crippen LogP contribution in [-0.2, 0) is 14.3 Å². The van der Waals surface area contributed by atoms with Crippen molar-refractivity contribution in [3.05, 3.63) is 12.2 Å². The van der Waals surface area contributed by atoms with E-state index >= 15 is 0 Å². The highest BCUT2D eigenvalue weighted by molar-refractivity contribution is 5.76. The van der Waals surface area contributed by atoms with Crippen molar-refractivity contribution in [2.45, 2.75) is 443 Å². The van der Waals surface area contributed by atoms with Gasteiger partial charge in [0.2, 0.25) is 5.91 Å². The van der Waals surface area contributed by atoms with Crippen molar-refractivity contribution in [3.63, 3.8) is 0 Å². The van der Waals surface area contributed by atoms with Gasteiger partial charge in [-0.15, -0.1) is 0 Å². The molecule has 1 amide bonds. The molecule has 0 spiro atoms. The van der Waals surface area contributed by atoms with E-state index < -0.39 is 12.1 Å². The monoisotopic (exact) mass is 1140 g/mol. The SMILES string of the molecule is CCCCCCCCC/C=C\CCCCCCCC(=O)OCCCCCCCCCCCCCCCCCCCCCCCCCCCCCCCCC(=O)NC(CO)C(O)CCCCCCCCCCCCCCCCCCCC. The molecule has 0 rings (SSSR count). The smallest absolute Gasteiger partial charge is 0.305 e. The normalized spacial score (nSPS) is 12.5. The van der Waals surface area contributed by atoms with Crippen LogP contribution in [0.5, 0.6) is 0 Å². The van der Waals surface area contributed by atoms with Crippen LogP contribution in [0.25, 0.3) is 0 Å². The van der Waals surface area contributed by atoms with E-state index in [0.29, 0.717) is 25.9 Å². The Morgan fingerprint density at radius 3 is 0.877 bits per heavy atom. The minimum absolute atomic E-state index is 0.0138. The van der Waals surface area contributed by atoms with Gasteiger partial charge >= 0.3 is 5.97 Å². The van der Waals surface area contributed by atoms with Gasteiger partial charge < -0.3 is 20.3 Å². The van der Waals surface area contributed by atoms with Gasteiger partial charge in [0.25, 0.3) is 0 Å². The Kier molecular flexibility index (Phi) is 69.9. The molecule has 2 unspecified atom stereocenters. The quantitative estimate of drug-likeness (QED) is 0.0320. The summed E-state index contributed by atoms with van der Waals surface area (Å²) < 4.78 is 5.50. The number of esters is 1. The van der Waals surface area contributed by atoms with Crippen molar-refractivity contribution in [2.24, 2.45) is 0 Å². The van der Waals surface area contributed by atoms with Crippen molar-refractivity contribution in [1.29, 1.82) is 0 Å². The first-order valence-electron chi connectivity index (χ1n) is 37.4. The van der Waals surface area contributed by atoms with E-state index in [1.807, 2.05) is 0 Å². The van der Waals surface area contributed by atoms with Crippen LogP contribution in [0.2, 0.25) is 0 Å². The topological polar surface area (TPSA) is 95.9 Å². The number of amides is 1. The number of rotatable bonds is 71. The average molecular weight is 1140 g/mol. The lowest BCUT2D eigenvalue weighted by atomic mass is 10.0. The lowest BCUT2D eigenvalue weighted by Crippen LogP contribution is -2.45. The van der Waals surface area contributed by atoms with Crippen LogP contribution in [0.3, 0.4) is 0 Å². The molecule has 0 aliphatic heterocycles. The van der Waals surface area contributed by atoms with Gasteiger partial charge in [0, 0.05) is 12.8 Å². The Morgan fingerprint density at radius 2 is 0.580 bits per heavy atom. The summed E-state index contributed by atoms with van der Waals surface area (Å²) >= 11 is 0. The highest BCUT2D eigenvalue weighted by Gasteiger charge is 2.20. The number of allylic oxidation sites excluding steroid dienone is 2. The van der Waals surface area contributed by atoms with Crippen LogP contribution in [-0.4, -0.2) is 47.4 Å². The second-order valence-corrected chi connectivity index (χ2v) is 26.0. The molecule has 0 aromatic carbocycles. The zero-order valence-corrected chi connectivity index (χ0v) is 55.3. The Labute approximate surface area is 508 Å². The van der Waals surface area contributed by atoms with E-state index in [9.17, 15) is 19.8 Å². The van der Waals surface area contributed by atoms with Gasteiger partial charge in [0.1, 0.15) is 0 Å². The van der Waals surface area contributed by atoms with Gasteiger partial charge in [-0.3, -0.25) is 9.59 Å². The number of aliphatic hydroxyl groups excluding tert-OH is 2. The van der Waals surface area contributed by atoms with Gasteiger partial charge in [-0.25, -0.2) is 0 Å². The van der Waals surface area contributed by atoms with Crippen LogP contribution in [0.4, 0.5) is 0 Å². The summed E-state index contributed by atoms with van der Waals surface area (Å²) in [5, 5.41) is 23.4. The van der Waals surface area contributed by atoms with E-state index in [1.165, 1.54) is 353 Å². The molecule has 482 valence electrons. The first-order valence-corrected chi connectivity index (χ1v) is 37.4. The fourth-order valence-corrected chi connectivity index (χ4v) is 12.1. The molecule has 0 bridgehead atoms. The number of carbonyl (C=O) groups is 2. The molecular formula is C75H147NO5. The number of nitrogens with one attached hydrogen (secondary N) is 1. The maximum absolute atomic E-state index is 12.5. The van der Waals surface area contributed by atoms with Gasteiger partial charge in [-0.1, -0.05) is 379 Å². The third-order valence-corrected chi connectivity index (χ3v) is 17.8. The van der Waals surface area contributed by atoms with Crippen LogP contribution in [0.1, 0.15) is 431 Å². The van der Waals surface area contributed by atoms with Crippen molar-refractivity contribution in [1.82, 2.24) is 5.32 Å². The summed E-state index contributed by atoms with van der Waals surface area (Å²) in [7, 11) is 0. The molecule has 0 aromatic rings. The lowest BCUT2D eigenvalue weighted by molar-refractivity contribution is -0.143. The predicted octanol–water partition coefficient (Wildman–Crippen LogP) is 24.3. The van der Waals surface area contributed by atoms with Gasteiger partial charge in [-0.05, 0) is 51.4 Å². The van der Waals surface area contributed by atoms with Crippen LogP contribution in [0, 0.1) is 0 Å². The standard InChI is InChI=1S/C75H147NO5/c1-3-5-7-9-11-13-15-17-19-21-36-39-43-47-51-55-59-63-67-73(78)72(71-77)76-74(79)68-64-60-56-52-48-44-40-37-34-32-30-28-26-24-22-23-25-27-29-31-33-35-38-42-46-50-54-58-62-66-70-81-75(80)69-65-61-57-53-49-45-41-20-18-16-14-12-10-8-6-4-2/h20,41,72-73,77-78H,3-19,21-40,42-71H2,1-2H3,(H,76,79)/b41-20-. The minimum atomic E-state index is -0.661. The molecule has 0 aromatic heterocycles. The van der Waals surface area contributed by atoms with E-state index in [2.05, 4.69) is 31.3 Å². The van der Waals surface area contributed by atoms with Crippen molar-refractivity contribution >= 4 is 11.9 Å². The Hall–Kier alpha value is -1.40. The second kappa shape index (κ2) is 71.1. The van der Waals surface area contributed by atoms with Crippen molar-refractivity contribution in [2.75, 3.05) is 13.2 Å². The Balaban J connectivity index is 3.32. The highest BCUT2D eigenvalue weighted by Crippen LogP contribution is 2.20. The fraction of sp³-hybridized carbons (Fsp3) is 0.947. The number of hydrogen-bond donors (Lipinski definition) is 3. The van der Waals surface area contributed by atoms with E-state index in [-0.39, 0.29) is 18.5 Å². The number of ether oxygens (including phenoxy) is 1. The Morgan fingerprint density at radius 1 is 0.333 bits per heavy atom. The fourth-order valence-electron chi connectivity index (χ4n) is 12.1. The highest BCUT2D eigenvalue weighted by atomic mass is 16.5. The summed E-state index contributed by atoms with van der Waals surface area (Å²) in [5.41, 5.74) is 0. The number of unbranched alkanes of at least 4 members (excludes halogenated alkanes) is 58. The summed E-state index contributed by atoms with van der Waals surface area (Å²) in [4.78, 5) is 24.6. The maximum Gasteiger partial charge on any atom is 0.305 e. The molecule has 81 heavy (non-hydrogen) atoms. The molecule has 0 saturated carbocycles. The van der Waals surface area contributed by atoms with E-state index in [1.54, 1.807) is 0 Å². The number of carbonyl (C=O) groups excluding carboxylic acids is 2. The number of hydrogen-bond acceptors (Lipinski definition) is 5. The zero-order chi connectivity index (χ0) is 58.5. The predicted molar refractivity (Wildman–Crippen MR) is 357 cm³/mol. The van der Waals surface area contributed by atoms with Gasteiger partial charge in [-0.2, -0.15) is 0 Å². The molecule has 0 saturated heterocycles. The maximum atomic E-state index is 12.5. The zero-order valence-electron chi connectivity index (χ0n) is 55.3. The van der Waals surface area contributed by atoms with E-state index in [0.717, 1.165) is 44.9 Å². The van der Waals surface area contributed by atoms with Crippen molar-refractivity contribution < 1.29 is 24.5 Å². The van der Waals surface area contributed by atoms with Gasteiger partial charge in [0.05, 0.1) is 25.4 Å². The molecule has 0 fully saturated rings. The van der Waals surface area contributed by atoms with Crippen LogP contribution in [0.15, 0.2) is 12.2 Å². The molecule has 0 aliphatic rings.